The zero-order valence-electron chi connectivity index (χ0n) is 18.7. The van der Waals surface area contributed by atoms with E-state index in [0.29, 0.717) is 22.3 Å². The highest BCUT2D eigenvalue weighted by Gasteiger charge is 2.21. The largest absolute Gasteiger partial charge is 0.507 e. The van der Waals surface area contributed by atoms with Crippen LogP contribution in [0, 0.1) is 6.92 Å². The Morgan fingerprint density at radius 1 is 0.900 bits per heavy atom. The maximum Gasteiger partial charge on any atom is 0.336 e. The van der Waals surface area contributed by atoms with Crippen LogP contribution in [-0.4, -0.2) is 18.8 Å². The number of nitrogens with zero attached hydrogens (tertiary/aromatic N) is 3. The summed E-state index contributed by atoms with van der Waals surface area (Å²) in [6.45, 7) is 18.7. The quantitative estimate of drug-likeness (QED) is 0.738. The molecule has 1 aromatic carbocycles. The topological polar surface area (TPSA) is 86.2 Å². The van der Waals surface area contributed by atoms with Gasteiger partial charge in [-0.3, -0.25) is 0 Å². The van der Waals surface area contributed by atoms with Gasteiger partial charge in [0.1, 0.15) is 5.75 Å². The fourth-order valence-corrected chi connectivity index (χ4v) is 3.33. The van der Waals surface area contributed by atoms with Gasteiger partial charge in [0.25, 0.3) is 0 Å². The van der Waals surface area contributed by atoms with Gasteiger partial charge in [-0.05, 0) is 48.9 Å². The van der Waals surface area contributed by atoms with Crippen LogP contribution in [-0.2, 0) is 25.0 Å². The van der Waals surface area contributed by atoms with Gasteiger partial charge in [0, 0.05) is 0 Å². The van der Waals surface area contributed by atoms with Gasteiger partial charge in [-0.25, -0.2) is 28.1 Å². The number of benzene rings is 1. The van der Waals surface area contributed by atoms with Crippen molar-refractivity contribution >= 4 is 0 Å². The van der Waals surface area contributed by atoms with Gasteiger partial charge in [0.05, 0.1) is 19.6 Å². The fourth-order valence-electron chi connectivity index (χ4n) is 3.33. The molecule has 0 bridgehead atoms. The lowest BCUT2D eigenvalue weighted by atomic mass is 9.84. The Hall–Kier alpha value is -3.09. The molecule has 7 nitrogen and oxygen atoms in total. The van der Waals surface area contributed by atoms with Crippen LogP contribution >= 0.6 is 0 Å². The number of hydrogen-bond donors (Lipinski definition) is 1. The summed E-state index contributed by atoms with van der Waals surface area (Å²) in [5.74, 6) is 0.200. The first-order valence-corrected chi connectivity index (χ1v) is 9.80. The smallest absolute Gasteiger partial charge is 0.336 e. The van der Waals surface area contributed by atoms with E-state index in [1.54, 1.807) is 32.9 Å². The highest BCUT2D eigenvalue weighted by atomic mass is 16.3. The molecule has 1 heterocycles. The average Bonchev–Trinajstić information content (AvgIpc) is 2.60. The molecule has 0 saturated carbocycles. The van der Waals surface area contributed by atoms with Crippen LogP contribution in [0.2, 0.25) is 0 Å². The van der Waals surface area contributed by atoms with Crippen LogP contribution in [0.25, 0.3) is 0 Å². The van der Waals surface area contributed by atoms with Gasteiger partial charge in [-0.1, -0.05) is 51.1 Å². The minimum atomic E-state index is -0.686. The normalized spacial score (nSPS) is 11.5. The zero-order chi connectivity index (χ0) is 23.0. The highest BCUT2D eigenvalue weighted by Crippen LogP contribution is 2.34. The van der Waals surface area contributed by atoms with E-state index in [0.717, 1.165) is 19.3 Å². The lowest BCUT2D eigenvalue weighted by molar-refractivity contribution is 0.441. The fraction of sp³-hybridized carbons (Fsp3) is 0.435. The molecule has 30 heavy (non-hydrogen) atoms. The number of phenols is 1. The molecule has 0 aliphatic heterocycles. The standard InChI is InChI=1S/C23H31N3O4/c1-14(2)11-24-20(28)25(12-15(3)4)22(30)26(21(24)29)13-17-9-16(5)19(27)18(10-17)23(6,7)8/h9-10,27H,1,3,11-13H2,2,4-8H3. The first kappa shape index (κ1) is 23.2. The molecule has 1 aromatic heterocycles. The van der Waals surface area contributed by atoms with Gasteiger partial charge in [0.15, 0.2) is 0 Å². The summed E-state index contributed by atoms with van der Waals surface area (Å²) in [6.07, 6.45) is 0. The van der Waals surface area contributed by atoms with Crippen molar-refractivity contribution in [2.24, 2.45) is 0 Å². The van der Waals surface area contributed by atoms with E-state index >= 15 is 0 Å². The van der Waals surface area contributed by atoms with Crippen molar-refractivity contribution in [1.29, 1.82) is 0 Å². The summed E-state index contributed by atoms with van der Waals surface area (Å²) < 4.78 is 3.08. The number of aryl methyl sites for hydroxylation is 1. The first-order valence-electron chi connectivity index (χ1n) is 9.80. The van der Waals surface area contributed by atoms with Crippen molar-refractivity contribution in [3.63, 3.8) is 0 Å². The third-order valence-electron chi connectivity index (χ3n) is 4.75. The van der Waals surface area contributed by atoms with Crippen LogP contribution < -0.4 is 17.1 Å². The van der Waals surface area contributed by atoms with E-state index in [1.807, 2.05) is 20.8 Å². The van der Waals surface area contributed by atoms with Gasteiger partial charge in [-0.15, -0.1) is 0 Å². The third-order valence-corrected chi connectivity index (χ3v) is 4.75. The molecule has 7 heteroatoms. The summed E-state index contributed by atoms with van der Waals surface area (Å²) in [5, 5.41) is 10.5. The Kier molecular flexibility index (Phi) is 6.45. The van der Waals surface area contributed by atoms with E-state index in [4.69, 9.17) is 0 Å². The zero-order valence-corrected chi connectivity index (χ0v) is 18.7. The molecule has 162 valence electrons. The SMILES string of the molecule is C=C(C)Cn1c(=O)n(CC(=C)C)c(=O)n(Cc2cc(C)c(O)c(C(C)(C)C)c2)c1=O. The molecule has 0 aliphatic rings. The van der Waals surface area contributed by atoms with Crippen LogP contribution in [0.3, 0.4) is 0 Å². The van der Waals surface area contributed by atoms with Crippen molar-refractivity contribution in [2.75, 3.05) is 0 Å². The number of hydrogen-bond acceptors (Lipinski definition) is 4. The lowest BCUT2D eigenvalue weighted by Crippen LogP contribution is -2.54. The molecule has 0 fully saturated rings. The van der Waals surface area contributed by atoms with Gasteiger partial charge in [0.2, 0.25) is 0 Å². The van der Waals surface area contributed by atoms with Crippen LogP contribution in [0.5, 0.6) is 5.75 Å². The number of aromatic hydroxyl groups is 1. The van der Waals surface area contributed by atoms with Gasteiger partial charge < -0.3 is 5.11 Å². The number of aromatic nitrogens is 3. The summed E-state index contributed by atoms with van der Waals surface area (Å²) in [4.78, 5) is 38.8. The first-order chi connectivity index (χ1) is 13.7. The Morgan fingerprint density at radius 2 is 1.33 bits per heavy atom. The van der Waals surface area contributed by atoms with Crippen molar-refractivity contribution in [3.8, 4) is 5.75 Å². The molecule has 2 aromatic rings. The average molecular weight is 414 g/mol. The summed E-state index contributed by atoms with van der Waals surface area (Å²) in [7, 11) is 0. The molecule has 0 amide bonds. The Bertz CT molecular complexity index is 1130. The molecule has 0 spiro atoms. The molecular weight excluding hydrogens is 382 g/mol. The van der Waals surface area contributed by atoms with Gasteiger partial charge in [-0.2, -0.15) is 0 Å². The number of rotatable bonds is 6. The predicted molar refractivity (Wildman–Crippen MR) is 119 cm³/mol. The van der Waals surface area contributed by atoms with Crippen LogP contribution in [0.1, 0.15) is 51.3 Å². The van der Waals surface area contributed by atoms with Gasteiger partial charge >= 0.3 is 17.1 Å². The molecule has 0 aliphatic carbocycles. The molecule has 0 radical (unpaired) electrons. The second-order valence-corrected chi connectivity index (χ2v) is 9.08. The molecule has 0 atom stereocenters. The van der Waals surface area contributed by atoms with Crippen LogP contribution in [0.15, 0.2) is 50.8 Å². The monoisotopic (exact) mass is 413 g/mol. The molecule has 1 N–H and O–H groups in total. The number of allylic oxidation sites excluding steroid dienone is 2. The van der Waals surface area contributed by atoms with E-state index in [2.05, 4.69) is 13.2 Å². The maximum atomic E-state index is 13.0. The maximum absolute atomic E-state index is 13.0. The number of phenolic OH excluding ortho intramolecular Hbond substituents is 1. The Morgan fingerprint density at radius 3 is 1.73 bits per heavy atom. The van der Waals surface area contributed by atoms with Crippen molar-refractivity contribution in [2.45, 2.75) is 66.6 Å². The summed E-state index contributed by atoms with van der Waals surface area (Å²) >= 11 is 0. The van der Waals surface area contributed by atoms with Crippen molar-refractivity contribution in [3.05, 3.63) is 84.6 Å². The Labute approximate surface area is 176 Å². The third kappa shape index (κ3) is 4.72. The summed E-state index contributed by atoms with van der Waals surface area (Å²) in [6, 6.07) is 3.54. The van der Waals surface area contributed by atoms with Crippen molar-refractivity contribution in [1.82, 2.24) is 13.7 Å². The summed E-state index contributed by atoms with van der Waals surface area (Å²) in [5.41, 5.74) is 0.943. The van der Waals surface area contributed by atoms with Crippen LogP contribution in [0.4, 0.5) is 0 Å². The Balaban J connectivity index is 2.77. The molecule has 0 saturated heterocycles. The predicted octanol–water partition coefficient (Wildman–Crippen LogP) is 2.68. The van der Waals surface area contributed by atoms with E-state index in [1.165, 1.54) is 0 Å². The lowest BCUT2D eigenvalue weighted by Gasteiger charge is -2.23. The second kappa shape index (κ2) is 8.34. The minimum absolute atomic E-state index is 0.0193. The second-order valence-electron chi connectivity index (χ2n) is 9.08. The molecule has 0 unspecified atom stereocenters. The van der Waals surface area contributed by atoms with E-state index in [9.17, 15) is 19.5 Å². The van der Waals surface area contributed by atoms with E-state index < -0.39 is 17.1 Å². The highest BCUT2D eigenvalue weighted by molar-refractivity contribution is 5.46. The van der Waals surface area contributed by atoms with Crippen molar-refractivity contribution < 1.29 is 5.11 Å². The molecule has 2 rings (SSSR count). The van der Waals surface area contributed by atoms with E-state index in [-0.39, 0.29) is 30.8 Å². The molecular formula is C23H31N3O4. The minimum Gasteiger partial charge on any atom is -0.507 e.